The van der Waals surface area contributed by atoms with Crippen molar-refractivity contribution in [1.29, 1.82) is 0 Å². The first kappa shape index (κ1) is 10.3. The lowest BCUT2D eigenvalue weighted by atomic mass is 10.0. The van der Waals surface area contributed by atoms with Gasteiger partial charge in [0.1, 0.15) is 0 Å². The molecule has 15 heavy (non-hydrogen) atoms. The summed E-state index contributed by atoms with van der Waals surface area (Å²) in [4.78, 5) is 1.14. The number of rotatable bonds is 3. The molecule has 0 aliphatic carbocycles. The molecule has 0 saturated heterocycles. The van der Waals surface area contributed by atoms with E-state index in [9.17, 15) is 0 Å². The lowest BCUT2D eigenvalue weighted by molar-refractivity contribution is 0.701. The molecular formula is C11H13N3S. The van der Waals surface area contributed by atoms with Gasteiger partial charge in [-0.1, -0.05) is 34.3 Å². The first-order chi connectivity index (χ1) is 7.31. The Morgan fingerprint density at radius 1 is 1.40 bits per heavy atom. The molecule has 1 N–H and O–H groups in total. The molecule has 1 aromatic heterocycles. The Bertz CT molecular complexity index is 425. The zero-order valence-electron chi connectivity index (χ0n) is 8.77. The first-order valence-corrected chi connectivity index (χ1v) is 5.59. The van der Waals surface area contributed by atoms with Crippen molar-refractivity contribution in [3.05, 3.63) is 46.5 Å². The lowest BCUT2D eigenvalue weighted by Gasteiger charge is -2.14. The minimum Gasteiger partial charge on any atom is -0.309 e. The van der Waals surface area contributed by atoms with Gasteiger partial charge in [0.25, 0.3) is 0 Å². The number of nitrogens with zero attached hydrogens (tertiary/aromatic N) is 2. The van der Waals surface area contributed by atoms with Crippen LogP contribution in [0.25, 0.3) is 0 Å². The molecule has 0 bridgehead atoms. The number of hydrogen-bond donors (Lipinski definition) is 1. The third-order valence-corrected chi connectivity index (χ3v) is 3.05. The third kappa shape index (κ3) is 2.22. The molecule has 2 aromatic rings. The Morgan fingerprint density at radius 3 is 2.87 bits per heavy atom. The largest absolute Gasteiger partial charge is 0.309 e. The van der Waals surface area contributed by atoms with Gasteiger partial charge in [0.2, 0.25) is 0 Å². The summed E-state index contributed by atoms with van der Waals surface area (Å²) in [6, 6.07) is 8.67. The maximum Gasteiger partial charge on any atom is 0.0701 e. The minimum atomic E-state index is 0.199. The summed E-state index contributed by atoms with van der Waals surface area (Å²) in [5.74, 6) is 0. The fourth-order valence-corrected chi connectivity index (χ4v) is 2.27. The SMILES string of the molecule is CNC(c1cccc(C)c1)c1cnns1. The Hall–Kier alpha value is -1.26. The Balaban J connectivity index is 2.35. The van der Waals surface area contributed by atoms with Crippen molar-refractivity contribution < 1.29 is 0 Å². The summed E-state index contributed by atoms with van der Waals surface area (Å²) in [5.41, 5.74) is 2.52. The van der Waals surface area contributed by atoms with Gasteiger partial charge in [-0.15, -0.1) is 5.10 Å². The van der Waals surface area contributed by atoms with Gasteiger partial charge < -0.3 is 5.32 Å². The zero-order chi connectivity index (χ0) is 10.7. The Labute approximate surface area is 93.3 Å². The number of aryl methyl sites for hydroxylation is 1. The van der Waals surface area contributed by atoms with Crippen LogP contribution in [0.5, 0.6) is 0 Å². The molecule has 0 radical (unpaired) electrons. The summed E-state index contributed by atoms with van der Waals surface area (Å²) in [6.07, 6.45) is 1.81. The van der Waals surface area contributed by atoms with Crippen LogP contribution >= 0.6 is 11.5 Å². The van der Waals surface area contributed by atoms with E-state index in [1.54, 1.807) is 0 Å². The molecule has 4 heteroatoms. The second-order valence-electron chi connectivity index (χ2n) is 3.46. The minimum absolute atomic E-state index is 0.199. The van der Waals surface area contributed by atoms with Gasteiger partial charge in [-0.05, 0) is 31.1 Å². The van der Waals surface area contributed by atoms with Crippen molar-refractivity contribution in [2.75, 3.05) is 7.05 Å². The maximum atomic E-state index is 3.89. The average molecular weight is 219 g/mol. The number of nitrogens with one attached hydrogen (secondary N) is 1. The van der Waals surface area contributed by atoms with Crippen LogP contribution in [-0.4, -0.2) is 16.6 Å². The lowest BCUT2D eigenvalue weighted by Crippen LogP contribution is -2.16. The quantitative estimate of drug-likeness (QED) is 0.859. The third-order valence-electron chi connectivity index (χ3n) is 2.33. The van der Waals surface area contributed by atoms with Crippen LogP contribution < -0.4 is 5.32 Å². The van der Waals surface area contributed by atoms with E-state index in [0.717, 1.165) is 4.88 Å². The highest BCUT2D eigenvalue weighted by Crippen LogP contribution is 2.23. The molecule has 0 aliphatic rings. The smallest absolute Gasteiger partial charge is 0.0701 e. The highest BCUT2D eigenvalue weighted by molar-refractivity contribution is 7.05. The van der Waals surface area contributed by atoms with E-state index < -0.39 is 0 Å². The van der Waals surface area contributed by atoms with Gasteiger partial charge in [-0.3, -0.25) is 0 Å². The summed E-state index contributed by atoms with van der Waals surface area (Å²) in [7, 11) is 1.95. The van der Waals surface area contributed by atoms with Crippen LogP contribution in [0.15, 0.2) is 30.5 Å². The van der Waals surface area contributed by atoms with Gasteiger partial charge in [-0.25, -0.2) is 0 Å². The van der Waals surface area contributed by atoms with Crippen molar-refractivity contribution in [2.45, 2.75) is 13.0 Å². The molecule has 1 aromatic carbocycles. The van der Waals surface area contributed by atoms with Crippen LogP contribution in [0, 0.1) is 6.92 Å². The van der Waals surface area contributed by atoms with Crippen molar-refractivity contribution >= 4 is 11.5 Å². The topological polar surface area (TPSA) is 37.8 Å². The second-order valence-corrected chi connectivity index (χ2v) is 4.27. The standard InChI is InChI=1S/C11H13N3S/c1-8-4-3-5-9(6-8)11(12-2)10-7-13-14-15-10/h3-7,11-12H,1-2H3. The number of hydrogen-bond acceptors (Lipinski definition) is 4. The molecule has 1 heterocycles. The molecule has 78 valence electrons. The van der Waals surface area contributed by atoms with Crippen LogP contribution in [0.4, 0.5) is 0 Å². The van der Waals surface area contributed by atoms with Gasteiger partial charge in [0.05, 0.1) is 17.1 Å². The summed E-state index contributed by atoms with van der Waals surface area (Å²) in [5, 5.41) is 7.15. The highest BCUT2D eigenvalue weighted by atomic mass is 32.1. The summed E-state index contributed by atoms with van der Waals surface area (Å²) >= 11 is 1.43. The van der Waals surface area contributed by atoms with Crippen LogP contribution in [0.2, 0.25) is 0 Å². The first-order valence-electron chi connectivity index (χ1n) is 4.82. The van der Waals surface area contributed by atoms with Crippen molar-refractivity contribution in [1.82, 2.24) is 14.9 Å². The Kier molecular flexibility index (Phi) is 3.08. The van der Waals surface area contributed by atoms with E-state index in [2.05, 4.69) is 46.1 Å². The molecule has 1 atom stereocenters. The van der Waals surface area contributed by atoms with E-state index in [4.69, 9.17) is 0 Å². The van der Waals surface area contributed by atoms with Crippen LogP contribution in [0.3, 0.4) is 0 Å². The van der Waals surface area contributed by atoms with Gasteiger partial charge in [0, 0.05) is 0 Å². The van der Waals surface area contributed by atoms with Crippen molar-refractivity contribution in [2.24, 2.45) is 0 Å². The molecule has 0 saturated carbocycles. The summed E-state index contributed by atoms with van der Waals surface area (Å²) < 4.78 is 3.89. The molecule has 0 fully saturated rings. The predicted molar refractivity (Wildman–Crippen MR) is 62.0 cm³/mol. The Morgan fingerprint density at radius 2 is 2.27 bits per heavy atom. The van der Waals surface area contributed by atoms with E-state index in [-0.39, 0.29) is 6.04 Å². The molecule has 0 amide bonds. The number of aromatic nitrogens is 2. The maximum absolute atomic E-state index is 3.89. The van der Waals surface area contributed by atoms with Crippen LogP contribution in [0.1, 0.15) is 22.0 Å². The van der Waals surface area contributed by atoms with Gasteiger partial charge in [-0.2, -0.15) is 0 Å². The van der Waals surface area contributed by atoms with Crippen molar-refractivity contribution in [3.63, 3.8) is 0 Å². The van der Waals surface area contributed by atoms with Crippen LogP contribution in [-0.2, 0) is 0 Å². The van der Waals surface area contributed by atoms with E-state index in [1.807, 2.05) is 13.2 Å². The predicted octanol–water partition coefficient (Wildman–Crippen LogP) is 2.16. The zero-order valence-corrected chi connectivity index (χ0v) is 9.58. The van der Waals surface area contributed by atoms with Gasteiger partial charge >= 0.3 is 0 Å². The average Bonchev–Trinajstić information content (AvgIpc) is 2.72. The second kappa shape index (κ2) is 4.51. The van der Waals surface area contributed by atoms with Crippen molar-refractivity contribution in [3.8, 4) is 0 Å². The molecule has 0 aliphatic heterocycles. The highest BCUT2D eigenvalue weighted by Gasteiger charge is 2.13. The number of benzene rings is 1. The van der Waals surface area contributed by atoms with E-state index >= 15 is 0 Å². The fourth-order valence-electron chi connectivity index (χ4n) is 1.62. The van der Waals surface area contributed by atoms with E-state index in [0.29, 0.717) is 0 Å². The van der Waals surface area contributed by atoms with Gasteiger partial charge in [0.15, 0.2) is 0 Å². The summed E-state index contributed by atoms with van der Waals surface area (Å²) in [6.45, 7) is 2.10. The molecule has 1 unspecified atom stereocenters. The molecule has 2 rings (SSSR count). The molecular weight excluding hydrogens is 206 g/mol. The monoisotopic (exact) mass is 219 g/mol. The molecule has 0 spiro atoms. The van der Waals surface area contributed by atoms with E-state index in [1.165, 1.54) is 22.7 Å². The normalized spacial score (nSPS) is 12.7. The fraction of sp³-hybridized carbons (Fsp3) is 0.273. The molecule has 3 nitrogen and oxygen atoms in total.